The summed E-state index contributed by atoms with van der Waals surface area (Å²) in [6.45, 7) is 1.96. The van der Waals surface area contributed by atoms with Gasteiger partial charge in [0.1, 0.15) is 6.04 Å². The lowest BCUT2D eigenvalue weighted by molar-refractivity contribution is -0.136. The highest BCUT2D eigenvalue weighted by Crippen LogP contribution is 2.29. The molecule has 0 aliphatic carbocycles. The maximum atomic E-state index is 12.9. The summed E-state index contributed by atoms with van der Waals surface area (Å²) in [6, 6.07) is 8.91. The molecule has 3 heterocycles. The third kappa shape index (κ3) is 3.76. The van der Waals surface area contributed by atoms with Gasteiger partial charge in [0.05, 0.1) is 5.69 Å². The summed E-state index contributed by atoms with van der Waals surface area (Å²) in [7, 11) is 0. The lowest BCUT2D eigenvalue weighted by Crippen LogP contribution is -2.52. The van der Waals surface area contributed by atoms with Crippen molar-refractivity contribution in [2.45, 2.75) is 45.1 Å². The number of pyridine rings is 1. The lowest BCUT2D eigenvalue weighted by atomic mass is 10.0. The van der Waals surface area contributed by atoms with Crippen molar-refractivity contribution in [3.8, 4) is 0 Å². The van der Waals surface area contributed by atoms with Gasteiger partial charge in [-0.25, -0.2) is 0 Å². The maximum Gasteiger partial charge on any atom is 0.255 e. The highest BCUT2D eigenvalue weighted by atomic mass is 16.2. The molecule has 4 rings (SSSR count). The van der Waals surface area contributed by atoms with Crippen LogP contribution in [0.2, 0.25) is 0 Å². The van der Waals surface area contributed by atoms with Crippen molar-refractivity contribution < 1.29 is 14.4 Å². The first-order valence-corrected chi connectivity index (χ1v) is 9.67. The number of hydrogen-bond acceptors (Lipinski definition) is 6. The van der Waals surface area contributed by atoms with Gasteiger partial charge in [0.2, 0.25) is 11.8 Å². The Morgan fingerprint density at radius 1 is 1.14 bits per heavy atom. The van der Waals surface area contributed by atoms with E-state index < -0.39 is 11.9 Å². The number of nitrogens with two attached hydrogens (primary N) is 1. The molecule has 29 heavy (non-hydrogen) atoms. The second kappa shape index (κ2) is 8.10. The average Bonchev–Trinajstić information content (AvgIpc) is 3.06. The number of hydrogen-bond donors (Lipinski definition) is 3. The molecule has 0 radical (unpaired) electrons. The molecule has 1 atom stereocenters. The number of nitrogens with one attached hydrogen (secondary N) is 2. The number of nitrogens with zero attached hydrogens (tertiary/aromatic N) is 2. The molecule has 0 spiro atoms. The van der Waals surface area contributed by atoms with Gasteiger partial charge in [-0.1, -0.05) is 18.2 Å². The normalized spacial score (nSPS) is 18.7. The standard InChI is InChI=1S/C21H23N5O3/c22-9-17-14(4-2-8-24-17)11-23-10-13-3-1-5-15-16(13)12-26(21(15)29)18-6-7-19(27)25-20(18)28/h1-5,8,18,23H,6-7,9-12,22H2,(H,25,27,28). The predicted molar refractivity (Wildman–Crippen MR) is 105 cm³/mol. The summed E-state index contributed by atoms with van der Waals surface area (Å²) >= 11 is 0. The Balaban J connectivity index is 1.47. The second-order valence-electron chi connectivity index (χ2n) is 7.26. The van der Waals surface area contributed by atoms with Crippen molar-refractivity contribution in [3.05, 3.63) is 64.5 Å². The number of piperidine rings is 1. The Bertz CT molecular complexity index is 975. The Morgan fingerprint density at radius 2 is 1.93 bits per heavy atom. The van der Waals surface area contributed by atoms with Crippen molar-refractivity contribution >= 4 is 17.7 Å². The molecular formula is C21H23N5O3. The Kier molecular flexibility index (Phi) is 5.37. The van der Waals surface area contributed by atoms with Gasteiger partial charge in [-0.3, -0.25) is 24.7 Å². The molecule has 8 nitrogen and oxygen atoms in total. The molecule has 1 fully saturated rings. The number of amides is 3. The maximum absolute atomic E-state index is 12.9. The minimum absolute atomic E-state index is 0.158. The molecule has 1 saturated heterocycles. The van der Waals surface area contributed by atoms with Crippen molar-refractivity contribution in [2.75, 3.05) is 0 Å². The summed E-state index contributed by atoms with van der Waals surface area (Å²) in [5.74, 6) is -0.838. The summed E-state index contributed by atoms with van der Waals surface area (Å²) in [4.78, 5) is 42.4. The zero-order valence-electron chi connectivity index (χ0n) is 16.0. The monoisotopic (exact) mass is 393 g/mol. The molecule has 1 aromatic heterocycles. The molecule has 0 bridgehead atoms. The zero-order chi connectivity index (χ0) is 20.4. The van der Waals surface area contributed by atoms with Gasteiger partial charge >= 0.3 is 0 Å². The van der Waals surface area contributed by atoms with Crippen LogP contribution in [-0.2, 0) is 35.8 Å². The SMILES string of the molecule is NCc1ncccc1CNCc1cccc2c1CN(C1CCC(=O)NC1=O)C2=O. The van der Waals surface area contributed by atoms with Crippen LogP contribution in [0.4, 0.5) is 0 Å². The van der Waals surface area contributed by atoms with E-state index in [2.05, 4.69) is 15.6 Å². The molecule has 2 aliphatic heterocycles. The van der Waals surface area contributed by atoms with Gasteiger partial charge in [0.15, 0.2) is 0 Å². The van der Waals surface area contributed by atoms with Crippen LogP contribution >= 0.6 is 0 Å². The highest BCUT2D eigenvalue weighted by Gasteiger charge is 2.39. The van der Waals surface area contributed by atoms with E-state index in [1.165, 1.54) is 0 Å². The van der Waals surface area contributed by atoms with Gasteiger partial charge in [0.25, 0.3) is 5.91 Å². The summed E-state index contributed by atoms with van der Waals surface area (Å²) in [6.07, 6.45) is 2.34. The molecule has 8 heteroatoms. The third-order valence-electron chi connectivity index (χ3n) is 5.49. The first-order chi connectivity index (χ1) is 14.1. The highest BCUT2D eigenvalue weighted by molar-refractivity contribution is 6.05. The fraction of sp³-hybridized carbons (Fsp3) is 0.333. The topological polar surface area (TPSA) is 117 Å². The second-order valence-corrected chi connectivity index (χ2v) is 7.26. The first-order valence-electron chi connectivity index (χ1n) is 9.67. The fourth-order valence-electron chi connectivity index (χ4n) is 3.96. The van der Waals surface area contributed by atoms with Gasteiger partial charge < -0.3 is 16.0 Å². The van der Waals surface area contributed by atoms with E-state index in [1.807, 2.05) is 24.3 Å². The number of aromatic nitrogens is 1. The minimum Gasteiger partial charge on any atom is -0.325 e. The number of rotatable bonds is 6. The summed E-state index contributed by atoms with van der Waals surface area (Å²) in [5, 5.41) is 5.73. The molecule has 4 N–H and O–H groups in total. The molecule has 2 aliphatic rings. The van der Waals surface area contributed by atoms with E-state index in [4.69, 9.17) is 5.73 Å². The van der Waals surface area contributed by atoms with Gasteiger partial charge in [0, 0.05) is 44.4 Å². The predicted octanol–water partition coefficient (Wildman–Crippen LogP) is 0.591. The fourth-order valence-corrected chi connectivity index (χ4v) is 3.96. The molecule has 2 aromatic rings. The van der Waals surface area contributed by atoms with Crippen LogP contribution in [0.3, 0.4) is 0 Å². The van der Waals surface area contributed by atoms with Crippen molar-refractivity contribution in [1.29, 1.82) is 0 Å². The Labute approximate surface area is 168 Å². The summed E-state index contributed by atoms with van der Waals surface area (Å²) < 4.78 is 0. The number of benzene rings is 1. The average molecular weight is 393 g/mol. The van der Waals surface area contributed by atoms with Crippen LogP contribution in [0.5, 0.6) is 0 Å². The number of imide groups is 1. The molecular weight excluding hydrogens is 370 g/mol. The number of carbonyl (C=O) groups excluding carboxylic acids is 3. The van der Waals surface area contributed by atoms with E-state index in [0.717, 1.165) is 22.4 Å². The summed E-state index contributed by atoms with van der Waals surface area (Å²) in [5.41, 5.74) is 10.2. The van der Waals surface area contributed by atoms with E-state index in [-0.39, 0.29) is 18.2 Å². The Hall–Kier alpha value is -3.10. The van der Waals surface area contributed by atoms with Crippen LogP contribution in [0, 0.1) is 0 Å². The van der Waals surface area contributed by atoms with Crippen molar-refractivity contribution in [2.24, 2.45) is 5.73 Å². The lowest BCUT2D eigenvalue weighted by Gasteiger charge is -2.29. The van der Waals surface area contributed by atoms with E-state index in [1.54, 1.807) is 17.2 Å². The van der Waals surface area contributed by atoms with Gasteiger partial charge in [-0.15, -0.1) is 0 Å². The zero-order valence-corrected chi connectivity index (χ0v) is 16.0. The van der Waals surface area contributed by atoms with E-state index in [9.17, 15) is 14.4 Å². The number of carbonyl (C=O) groups is 3. The van der Waals surface area contributed by atoms with Crippen LogP contribution in [0.15, 0.2) is 36.5 Å². The van der Waals surface area contributed by atoms with Gasteiger partial charge in [-0.05, 0) is 35.2 Å². The van der Waals surface area contributed by atoms with Crippen LogP contribution in [-0.4, -0.2) is 33.6 Å². The minimum atomic E-state index is -0.601. The van der Waals surface area contributed by atoms with Crippen molar-refractivity contribution in [1.82, 2.24) is 20.5 Å². The van der Waals surface area contributed by atoms with E-state index >= 15 is 0 Å². The van der Waals surface area contributed by atoms with Crippen LogP contribution in [0.25, 0.3) is 0 Å². The molecule has 1 unspecified atom stereocenters. The van der Waals surface area contributed by atoms with Crippen LogP contribution < -0.4 is 16.4 Å². The molecule has 150 valence electrons. The smallest absolute Gasteiger partial charge is 0.255 e. The van der Waals surface area contributed by atoms with Crippen LogP contribution in [0.1, 0.15) is 45.6 Å². The van der Waals surface area contributed by atoms with E-state index in [0.29, 0.717) is 38.2 Å². The van der Waals surface area contributed by atoms with Gasteiger partial charge in [-0.2, -0.15) is 0 Å². The Morgan fingerprint density at radius 3 is 2.72 bits per heavy atom. The molecule has 1 aromatic carbocycles. The quantitative estimate of drug-likeness (QED) is 0.619. The largest absolute Gasteiger partial charge is 0.325 e. The molecule has 3 amide bonds. The first kappa shape index (κ1) is 19.2. The third-order valence-corrected chi connectivity index (χ3v) is 5.49. The number of fused-ring (bicyclic) bond motifs is 1. The van der Waals surface area contributed by atoms with Crippen molar-refractivity contribution in [3.63, 3.8) is 0 Å². The molecule has 0 saturated carbocycles.